The molecular formula is C20H28N4OS. The number of nitrogens with zero attached hydrogens (tertiary/aromatic N) is 2. The van der Waals surface area contributed by atoms with Crippen molar-refractivity contribution in [1.29, 1.82) is 0 Å². The molecular weight excluding hydrogens is 344 g/mol. The summed E-state index contributed by atoms with van der Waals surface area (Å²) in [6.07, 6.45) is 4.36. The minimum Gasteiger partial charge on any atom is -0.477 e. The highest BCUT2D eigenvalue weighted by molar-refractivity contribution is 7.07. The van der Waals surface area contributed by atoms with Gasteiger partial charge in [-0.2, -0.15) is 11.3 Å². The van der Waals surface area contributed by atoms with Crippen LogP contribution in [-0.2, 0) is 6.54 Å². The molecule has 5 nitrogen and oxygen atoms in total. The maximum absolute atomic E-state index is 5.76. The first-order valence-corrected chi connectivity index (χ1v) is 10.3. The van der Waals surface area contributed by atoms with Gasteiger partial charge in [0.25, 0.3) is 0 Å². The number of ether oxygens (including phenoxy) is 1. The molecule has 2 N–H and O–H groups in total. The Balaban J connectivity index is 1.53. The van der Waals surface area contributed by atoms with Crippen LogP contribution in [0.3, 0.4) is 0 Å². The molecule has 0 aromatic carbocycles. The second-order valence-corrected chi connectivity index (χ2v) is 7.57. The van der Waals surface area contributed by atoms with E-state index in [4.69, 9.17) is 9.73 Å². The molecule has 0 radical (unpaired) electrons. The third kappa shape index (κ3) is 6.02. The second kappa shape index (κ2) is 9.57. The SMILES string of the molecule is CCNC(=NCc1ccnc(OCC2CC2)c1)NCC(C)c1ccsc1. The lowest BCUT2D eigenvalue weighted by atomic mass is 10.1. The maximum atomic E-state index is 5.76. The van der Waals surface area contributed by atoms with Crippen LogP contribution in [0.1, 0.15) is 43.7 Å². The highest BCUT2D eigenvalue weighted by Crippen LogP contribution is 2.29. The molecule has 2 aromatic heterocycles. The molecule has 0 spiro atoms. The zero-order valence-electron chi connectivity index (χ0n) is 15.6. The van der Waals surface area contributed by atoms with Gasteiger partial charge in [0.2, 0.25) is 5.88 Å². The van der Waals surface area contributed by atoms with Crippen LogP contribution in [0, 0.1) is 5.92 Å². The minimum absolute atomic E-state index is 0.452. The van der Waals surface area contributed by atoms with Crippen molar-refractivity contribution in [1.82, 2.24) is 15.6 Å². The van der Waals surface area contributed by atoms with Gasteiger partial charge in [-0.25, -0.2) is 9.98 Å². The quantitative estimate of drug-likeness (QED) is 0.519. The van der Waals surface area contributed by atoms with Crippen molar-refractivity contribution in [2.24, 2.45) is 10.9 Å². The van der Waals surface area contributed by atoms with Gasteiger partial charge in [0.05, 0.1) is 13.2 Å². The summed E-state index contributed by atoms with van der Waals surface area (Å²) in [6, 6.07) is 6.16. The van der Waals surface area contributed by atoms with Crippen molar-refractivity contribution < 1.29 is 4.74 Å². The highest BCUT2D eigenvalue weighted by Gasteiger charge is 2.22. The van der Waals surface area contributed by atoms with Crippen molar-refractivity contribution in [2.75, 3.05) is 19.7 Å². The van der Waals surface area contributed by atoms with Crippen LogP contribution in [0.15, 0.2) is 40.1 Å². The largest absolute Gasteiger partial charge is 0.477 e. The van der Waals surface area contributed by atoms with Crippen LogP contribution in [0.5, 0.6) is 5.88 Å². The molecule has 1 atom stereocenters. The Hall–Kier alpha value is -2.08. The van der Waals surface area contributed by atoms with Crippen LogP contribution in [0.2, 0.25) is 0 Å². The van der Waals surface area contributed by atoms with Crippen molar-refractivity contribution in [3.8, 4) is 5.88 Å². The van der Waals surface area contributed by atoms with Gasteiger partial charge < -0.3 is 15.4 Å². The van der Waals surface area contributed by atoms with Crippen molar-refractivity contribution in [3.63, 3.8) is 0 Å². The minimum atomic E-state index is 0.452. The van der Waals surface area contributed by atoms with Gasteiger partial charge in [-0.05, 0) is 65.6 Å². The zero-order chi connectivity index (χ0) is 18.2. The molecule has 0 saturated heterocycles. The lowest BCUT2D eigenvalue weighted by molar-refractivity contribution is 0.288. The average molecular weight is 373 g/mol. The van der Waals surface area contributed by atoms with E-state index in [0.717, 1.165) is 37.1 Å². The molecule has 1 unspecified atom stereocenters. The smallest absolute Gasteiger partial charge is 0.213 e. The van der Waals surface area contributed by atoms with Crippen LogP contribution in [0.25, 0.3) is 0 Å². The van der Waals surface area contributed by atoms with E-state index in [1.54, 1.807) is 17.5 Å². The van der Waals surface area contributed by atoms with Crippen molar-refractivity contribution >= 4 is 17.3 Å². The molecule has 2 aromatic rings. The van der Waals surface area contributed by atoms with E-state index >= 15 is 0 Å². The van der Waals surface area contributed by atoms with E-state index in [1.807, 2.05) is 12.1 Å². The monoisotopic (exact) mass is 372 g/mol. The third-order valence-electron chi connectivity index (χ3n) is 4.41. The van der Waals surface area contributed by atoms with E-state index < -0.39 is 0 Å². The fourth-order valence-corrected chi connectivity index (χ4v) is 3.33. The second-order valence-electron chi connectivity index (χ2n) is 6.79. The molecule has 1 aliphatic rings. The Morgan fingerprint density at radius 3 is 3.00 bits per heavy atom. The first-order valence-electron chi connectivity index (χ1n) is 9.36. The third-order valence-corrected chi connectivity index (χ3v) is 5.12. The topological polar surface area (TPSA) is 58.5 Å². The number of hydrogen-bond acceptors (Lipinski definition) is 4. The summed E-state index contributed by atoms with van der Waals surface area (Å²) < 4.78 is 5.76. The zero-order valence-corrected chi connectivity index (χ0v) is 16.4. The molecule has 0 amide bonds. The lowest BCUT2D eigenvalue weighted by Crippen LogP contribution is -2.39. The fraction of sp³-hybridized carbons (Fsp3) is 0.500. The van der Waals surface area contributed by atoms with Gasteiger partial charge in [-0.3, -0.25) is 0 Å². The molecule has 0 aliphatic heterocycles. The van der Waals surface area contributed by atoms with Gasteiger partial charge >= 0.3 is 0 Å². The van der Waals surface area contributed by atoms with Gasteiger partial charge in [-0.1, -0.05) is 6.92 Å². The van der Waals surface area contributed by atoms with Crippen LogP contribution < -0.4 is 15.4 Å². The van der Waals surface area contributed by atoms with Crippen LogP contribution in [0.4, 0.5) is 0 Å². The summed E-state index contributed by atoms with van der Waals surface area (Å²) in [5, 5.41) is 11.1. The van der Waals surface area contributed by atoms with Crippen LogP contribution in [-0.4, -0.2) is 30.6 Å². The number of pyridine rings is 1. The van der Waals surface area contributed by atoms with Gasteiger partial charge in [0, 0.05) is 25.4 Å². The molecule has 1 fully saturated rings. The highest BCUT2D eigenvalue weighted by atomic mass is 32.1. The number of rotatable bonds is 9. The van der Waals surface area contributed by atoms with Gasteiger partial charge in [-0.15, -0.1) is 0 Å². The predicted octanol–water partition coefficient (Wildman–Crippen LogP) is 3.79. The Morgan fingerprint density at radius 2 is 2.27 bits per heavy atom. The number of aromatic nitrogens is 1. The van der Waals surface area contributed by atoms with Crippen molar-refractivity contribution in [2.45, 2.75) is 39.2 Å². The Morgan fingerprint density at radius 1 is 1.38 bits per heavy atom. The van der Waals surface area contributed by atoms with E-state index in [9.17, 15) is 0 Å². The fourth-order valence-electron chi connectivity index (χ4n) is 2.55. The summed E-state index contributed by atoms with van der Waals surface area (Å²) in [7, 11) is 0. The Kier molecular flexibility index (Phi) is 6.89. The molecule has 140 valence electrons. The van der Waals surface area contributed by atoms with Gasteiger partial charge in [0.15, 0.2) is 5.96 Å². The molecule has 3 rings (SSSR count). The summed E-state index contributed by atoms with van der Waals surface area (Å²) in [5.41, 5.74) is 2.47. The lowest BCUT2D eigenvalue weighted by Gasteiger charge is -2.15. The van der Waals surface area contributed by atoms with Crippen LogP contribution >= 0.6 is 11.3 Å². The van der Waals surface area contributed by atoms with Crippen molar-refractivity contribution in [3.05, 3.63) is 46.3 Å². The Bertz CT molecular complexity index is 698. The first-order chi connectivity index (χ1) is 12.7. The predicted molar refractivity (Wildman–Crippen MR) is 108 cm³/mol. The number of hydrogen-bond donors (Lipinski definition) is 2. The molecule has 6 heteroatoms. The molecule has 1 saturated carbocycles. The summed E-state index contributed by atoms with van der Waals surface area (Å²) in [5.74, 6) is 2.72. The molecule has 1 aliphatic carbocycles. The van der Waals surface area contributed by atoms with Gasteiger partial charge in [0.1, 0.15) is 0 Å². The summed E-state index contributed by atoms with van der Waals surface area (Å²) >= 11 is 1.74. The number of guanidine groups is 1. The van der Waals surface area contributed by atoms with E-state index in [1.165, 1.54) is 18.4 Å². The average Bonchev–Trinajstić information content (AvgIpc) is 3.33. The maximum Gasteiger partial charge on any atom is 0.213 e. The molecule has 2 heterocycles. The number of aliphatic imine (C=N–C) groups is 1. The first kappa shape index (κ1) is 18.7. The van der Waals surface area contributed by atoms with E-state index in [0.29, 0.717) is 18.3 Å². The molecule has 26 heavy (non-hydrogen) atoms. The van der Waals surface area contributed by atoms with E-state index in [2.05, 4.69) is 46.3 Å². The Labute approximate surface area is 159 Å². The molecule has 0 bridgehead atoms. The number of thiophene rings is 1. The summed E-state index contributed by atoms with van der Waals surface area (Å²) in [4.78, 5) is 8.99. The summed E-state index contributed by atoms with van der Waals surface area (Å²) in [6.45, 7) is 7.38. The number of nitrogens with one attached hydrogen (secondary N) is 2. The normalized spacial score (nSPS) is 15.5. The standard InChI is InChI=1S/C20H28N4OS/c1-3-21-20(23-11-15(2)18-7-9-26-14-18)24-12-17-6-8-22-19(10-17)25-13-16-4-5-16/h6-10,14-16H,3-5,11-13H2,1-2H3,(H2,21,23,24). The van der Waals surface area contributed by atoms with E-state index in [-0.39, 0.29) is 0 Å².